The third kappa shape index (κ3) is 3.24. The molecule has 2 rings (SSSR count). The molecule has 23 heavy (non-hydrogen) atoms. The van der Waals surface area contributed by atoms with Crippen LogP contribution in [0.1, 0.15) is 25.8 Å². The molecule has 1 aromatic carbocycles. The van der Waals surface area contributed by atoms with Crippen LogP contribution in [0.15, 0.2) is 12.1 Å². The molecule has 0 aliphatic carbocycles. The Morgan fingerprint density at radius 3 is 2.74 bits per heavy atom. The Labute approximate surface area is 134 Å². The number of carbonyl (C=O) groups excluding carboxylic acids is 2. The first-order chi connectivity index (χ1) is 11.1. The Hall–Kier alpha value is -2.28. The second-order valence-electron chi connectivity index (χ2n) is 5.03. The van der Waals surface area contributed by atoms with E-state index >= 15 is 0 Å². The number of ether oxygens (including phenoxy) is 3. The number of anilines is 1. The first-order valence-corrected chi connectivity index (χ1v) is 7.50. The minimum Gasteiger partial charge on any atom is -0.493 e. The van der Waals surface area contributed by atoms with E-state index in [-0.39, 0.29) is 25.7 Å². The minimum atomic E-state index is -0.747. The second kappa shape index (κ2) is 7.32. The molecule has 0 spiro atoms. The zero-order valence-electron chi connectivity index (χ0n) is 13.5. The molecule has 1 unspecified atom stereocenters. The molecule has 1 N–H and O–H groups in total. The molecule has 0 saturated heterocycles. The summed E-state index contributed by atoms with van der Waals surface area (Å²) in [5, 5.41) is 9.41. The zero-order chi connectivity index (χ0) is 17.0. The van der Waals surface area contributed by atoms with E-state index < -0.39 is 12.0 Å². The normalized spacial score (nSPS) is 14.8. The molecule has 1 aromatic rings. The second-order valence-corrected chi connectivity index (χ2v) is 5.03. The van der Waals surface area contributed by atoms with Crippen molar-refractivity contribution in [3.8, 4) is 11.5 Å². The molecule has 0 bridgehead atoms. The summed E-state index contributed by atoms with van der Waals surface area (Å²) in [6.45, 7) is 3.35. The Morgan fingerprint density at radius 1 is 1.43 bits per heavy atom. The van der Waals surface area contributed by atoms with E-state index in [0.717, 1.165) is 0 Å². The third-order valence-corrected chi connectivity index (χ3v) is 3.62. The maximum absolute atomic E-state index is 12.4. The number of amides is 1. The maximum Gasteiger partial charge on any atom is 0.329 e. The van der Waals surface area contributed by atoms with E-state index in [0.29, 0.717) is 29.2 Å². The fraction of sp³-hybridized carbons (Fsp3) is 0.500. The van der Waals surface area contributed by atoms with Gasteiger partial charge >= 0.3 is 5.97 Å². The van der Waals surface area contributed by atoms with Crippen LogP contribution < -0.4 is 14.4 Å². The van der Waals surface area contributed by atoms with Gasteiger partial charge in [0.05, 0.1) is 26.0 Å². The summed E-state index contributed by atoms with van der Waals surface area (Å²) in [4.78, 5) is 25.9. The average Bonchev–Trinajstić information content (AvgIpc) is 2.56. The lowest BCUT2D eigenvalue weighted by Crippen LogP contribution is -2.49. The van der Waals surface area contributed by atoms with Crippen molar-refractivity contribution in [2.24, 2.45) is 0 Å². The molecule has 1 aliphatic heterocycles. The molecule has 7 nitrogen and oxygen atoms in total. The molecule has 0 fully saturated rings. The molecular weight excluding hydrogens is 302 g/mol. The van der Waals surface area contributed by atoms with Crippen molar-refractivity contribution < 1.29 is 28.9 Å². The maximum atomic E-state index is 12.4. The molecule has 0 aromatic heterocycles. The average molecular weight is 323 g/mol. The van der Waals surface area contributed by atoms with E-state index in [1.165, 1.54) is 12.0 Å². The van der Waals surface area contributed by atoms with Crippen LogP contribution in [0.4, 0.5) is 5.69 Å². The van der Waals surface area contributed by atoms with Crippen molar-refractivity contribution in [2.75, 3.05) is 25.2 Å². The van der Waals surface area contributed by atoms with Crippen LogP contribution >= 0.6 is 0 Å². The summed E-state index contributed by atoms with van der Waals surface area (Å²) in [6, 6.07) is 2.51. The largest absolute Gasteiger partial charge is 0.493 e. The van der Waals surface area contributed by atoms with Crippen LogP contribution in [-0.2, 0) is 20.9 Å². The van der Waals surface area contributed by atoms with Gasteiger partial charge in [-0.25, -0.2) is 4.79 Å². The Kier molecular flexibility index (Phi) is 5.44. The van der Waals surface area contributed by atoms with Gasteiger partial charge in [-0.1, -0.05) is 6.92 Å². The smallest absolute Gasteiger partial charge is 0.329 e. The number of hydrogen-bond acceptors (Lipinski definition) is 6. The molecule has 0 radical (unpaired) electrons. The number of fused-ring (bicyclic) bond motifs is 1. The number of benzene rings is 1. The lowest BCUT2D eigenvalue weighted by Gasteiger charge is -2.35. The van der Waals surface area contributed by atoms with Gasteiger partial charge in [0.25, 0.3) is 5.91 Å². The number of methoxy groups -OCH3 is 1. The number of carbonyl (C=O) groups is 2. The molecular formula is C16H21NO6. The number of aliphatic hydroxyl groups excluding tert-OH is 1. The van der Waals surface area contributed by atoms with Gasteiger partial charge in [0.2, 0.25) is 0 Å². The Balaban J connectivity index is 2.53. The number of aliphatic hydroxyl groups is 1. The quantitative estimate of drug-likeness (QED) is 0.793. The van der Waals surface area contributed by atoms with Crippen molar-refractivity contribution >= 4 is 17.6 Å². The molecule has 1 aliphatic rings. The SMILES string of the molecule is CCOC(=O)C(CC)N1C(=O)COc2c(OC)cc(CO)cc21. The van der Waals surface area contributed by atoms with Gasteiger partial charge in [0, 0.05) is 0 Å². The summed E-state index contributed by atoms with van der Waals surface area (Å²) in [5.41, 5.74) is 0.965. The lowest BCUT2D eigenvalue weighted by atomic mass is 10.1. The highest BCUT2D eigenvalue weighted by Crippen LogP contribution is 2.42. The molecule has 1 atom stereocenters. The van der Waals surface area contributed by atoms with E-state index in [4.69, 9.17) is 14.2 Å². The summed E-state index contributed by atoms with van der Waals surface area (Å²) in [5.74, 6) is -0.0195. The monoisotopic (exact) mass is 323 g/mol. The molecule has 126 valence electrons. The van der Waals surface area contributed by atoms with Gasteiger partial charge < -0.3 is 19.3 Å². The van der Waals surface area contributed by atoms with Gasteiger partial charge in [-0.15, -0.1) is 0 Å². The predicted molar refractivity (Wildman–Crippen MR) is 82.6 cm³/mol. The van der Waals surface area contributed by atoms with E-state index in [2.05, 4.69) is 0 Å². The number of hydrogen-bond donors (Lipinski definition) is 1. The number of nitrogens with zero attached hydrogens (tertiary/aromatic N) is 1. The third-order valence-electron chi connectivity index (χ3n) is 3.62. The summed E-state index contributed by atoms with van der Waals surface area (Å²) in [6.07, 6.45) is 0.398. The fourth-order valence-electron chi connectivity index (χ4n) is 2.58. The zero-order valence-corrected chi connectivity index (χ0v) is 13.5. The van der Waals surface area contributed by atoms with Crippen molar-refractivity contribution in [1.82, 2.24) is 0 Å². The highest BCUT2D eigenvalue weighted by atomic mass is 16.5. The van der Waals surface area contributed by atoms with E-state index in [1.807, 2.05) is 0 Å². The molecule has 0 saturated carbocycles. The van der Waals surface area contributed by atoms with Gasteiger partial charge in [0.15, 0.2) is 18.1 Å². The van der Waals surface area contributed by atoms with Crippen LogP contribution in [0.5, 0.6) is 11.5 Å². The van der Waals surface area contributed by atoms with Crippen molar-refractivity contribution in [3.63, 3.8) is 0 Å². The van der Waals surface area contributed by atoms with E-state index in [1.54, 1.807) is 26.0 Å². The Morgan fingerprint density at radius 2 is 2.17 bits per heavy atom. The van der Waals surface area contributed by atoms with Crippen molar-refractivity contribution in [2.45, 2.75) is 32.9 Å². The van der Waals surface area contributed by atoms with Crippen LogP contribution in [0.25, 0.3) is 0 Å². The van der Waals surface area contributed by atoms with Crippen LogP contribution in [0, 0.1) is 0 Å². The summed E-state index contributed by atoms with van der Waals surface area (Å²) >= 11 is 0. The van der Waals surface area contributed by atoms with E-state index in [9.17, 15) is 14.7 Å². The minimum absolute atomic E-state index is 0.183. The highest BCUT2D eigenvalue weighted by Gasteiger charge is 2.37. The van der Waals surface area contributed by atoms with Gasteiger partial charge in [-0.2, -0.15) is 0 Å². The van der Waals surface area contributed by atoms with Crippen molar-refractivity contribution in [3.05, 3.63) is 17.7 Å². The molecule has 1 amide bonds. The van der Waals surface area contributed by atoms with Crippen LogP contribution in [0.2, 0.25) is 0 Å². The standard InChI is InChI=1S/C16H21NO6/c1-4-11(16(20)22-5-2)17-12-6-10(8-18)7-13(21-3)15(12)23-9-14(17)19/h6-7,11,18H,4-5,8-9H2,1-3H3. The van der Waals surface area contributed by atoms with Gasteiger partial charge in [0.1, 0.15) is 6.04 Å². The number of rotatable bonds is 6. The molecule has 1 heterocycles. The highest BCUT2D eigenvalue weighted by molar-refractivity contribution is 6.03. The number of esters is 1. The van der Waals surface area contributed by atoms with Gasteiger partial charge in [-0.05, 0) is 31.0 Å². The molecule has 7 heteroatoms. The fourth-order valence-corrected chi connectivity index (χ4v) is 2.58. The first kappa shape index (κ1) is 17.1. The van der Waals surface area contributed by atoms with Gasteiger partial charge in [-0.3, -0.25) is 9.69 Å². The first-order valence-electron chi connectivity index (χ1n) is 7.50. The predicted octanol–water partition coefficient (Wildman–Crippen LogP) is 1.25. The van der Waals surface area contributed by atoms with Crippen molar-refractivity contribution in [1.29, 1.82) is 0 Å². The Bertz CT molecular complexity index is 600. The van der Waals surface area contributed by atoms with Crippen LogP contribution in [-0.4, -0.2) is 43.3 Å². The summed E-state index contributed by atoms with van der Waals surface area (Å²) < 4.78 is 15.8. The lowest BCUT2D eigenvalue weighted by molar-refractivity contribution is -0.146. The van der Waals surface area contributed by atoms with Crippen LogP contribution in [0.3, 0.4) is 0 Å². The topological polar surface area (TPSA) is 85.3 Å². The summed E-state index contributed by atoms with van der Waals surface area (Å²) in [7, 11) is 1.48.